The fourth-order valence-electron chi connectivity index (χ4n) is 1.65. The van der Waals surface area contributed by atoms with Gasteiger partial charge in [-0.05, 0) is 12.8 Å². The van der Waals surface area contributed by atoms with Crippen molar-refractivity contribution in [3.63, 3.8) is 0 Å². The maximum Gasteiger partial charge on any atom is 0.311 e. The lowest BCUT2D eigenvalue weighted by Gasteiger charge is -2.37. The highest BCUT2D eigenvalue weighted by Crippen LogP contribution is 2.40. The zero-order valence-electron chi connectivity index (χ0n) is 9.08. The number of nitrogens with one attached hydrogen (secondary N) is 2. The molecule has 5 nitrogen and oxygen atoms in total. The van der Waals surface area contributed by atoms with E-state index in [-0.39, 0.29) is 19.0 Å². The highest BCUT2D eigenvalue weighted by Gasteiger charge is 2.44. The molecule has 3 N–H and O–H groups in total. The minimum atomic E-state index is -0.823. The first-order valence-electron chi connectivity index (χ1n) is 5.25. The molecule has 0 atom stereocenters. The molecule has 0 unspecified atom stereocenters. The molecule has 1 rings (SSSR count). The lowest BCUT2D eigenvalue weighted by molar-refractivity contribution is -0.154. The summed E-state index contributed by atoms with van der Waals surface area (Å²) in [7, 11) is 0. The maximum absolute atomic E-state index is 11.3. The van der Waals surface area contributed by atoms with E-state index in [1.54, 1.807) is 0 Å². The van der Waals surface area contributed by atoms with Crippen molar-refractivity contribution in [2.75, 3.05) is 19.6 Å². The standard InChI is InChI=1S/C11H16N2O3/c1-2-6-12-7-9(14)13-8-11(10(15)16)4-3-5-11/h1,12H,3-8H2,(H,13,14)(H,15,16). The Hall–Kier alpha value is -1.54. The molecule has 16 heavy (non-hydrogen) atoms. The Bertz CT molecular complexity index is 316. The lowest BCUT2D eigenvalue weighted by atomic mass is 9.69. The van der Waals surface area contributed by atoms with E-state index in [2.05, 4.69) is 16.6 Å². The van der Waals surface area contributed by atoms with Crippen molar-refractivity contribution in [2.45, 2.75) is 19.3 Å². The van der Waals surface area contributed by atoms with Gasteiger partial charge in [-0.1, -0.05) is 12.3 Å². The summed E-state index contributed by atoms with van der Waals surface area (Å²) >= 11 is 0. The van der Waals surface area contributed by atoms with Crippen molar-refractivity contribution in [2.24, 2.45) is 5.41 Å². The van der Waals surface area contributed by atoms with E-state index >= 15 is 0 Å². The van der Waals surface area contributed by atoms with E-state index in [4.69, 9.17) is 11.5 Å². The molecule has 88 valence electrons. The van der Waals surface area contributed by atoms with Crippen LogP contribution in [-0.2, 0) is 9.59 Å². The van der Waals surface area contributed by atoms with Gasteiger partial charge in [0.15, 0.2) is 0 Å². The summed E-state index contributed by atoms with van der Waals surface area (Å²) in [5.41, 5.74) is -0.734. The Balaban J connectivity index is 2.26. The van der Waals surface area contributed by atoms with Crippen molar-refractivity contribution in [3.05, 3.63) is 0 Å². The molecule has 1 amide bonds. The summed E-state index contributed by atoms with van der Waals surface area (Å²) in [6.07, 6.45) is 7.20. The van der Waals surface area contributed by atoms with Gasteiger partial charge in [0, 0.05) is 6.54 Å². The van der Waals surface area contributed by atoms with Crippen molar-refractivity contribution < 1.29 is 14.7 Å². The number of aliphatic carboxylic acids is 1. The Labute approximate surface area is 94.6 Å². The van der Waals surface area contributed by atoms with Gasteiger partial charge < -0.3 is 10.4 Å². The van der Waals surface area contributed by atoms with Gasteiger partial charge in [0.2, 0.25) is 5.91 Å². The Morgan fingerprint density at radius 3 is 2.56 bits per heavy atom. The number of carbonyl (C=O) groups is 2. The first kappa shape index (κ1) is 12.5. The molecule has 0 bridgehead atoms. The molecular formula is C11H16N2O3. The number of terminal acetylenes is 1. The smallest absolute Gasteiger partial charge is 0.311 e. The van der Waals surface area contributed by atoms with Crippen LogP contribution >= 0.6 is 0 Å². The topological polar surface area (TPSA) is 78.4 Å². The molecule has 0 aromatic carbocycles. The monoisotopic (exact) mass is 224 g/mol. The van der Waals surface area contributed by atoms with Gasteiger partial charge in [-0.2, -0.15) is 0 Å². The van der Waals surface area contributed by atoms with Gasteiger partial charge in [0.05, 0.1) is 18.5 Å². The first-order valence-corrected chi connectivity index (χ1v) is 5.25. The Kier molecular flexibility index (Phi) is 4.32. The SMILES string of the molecule is C#CCNCC(=O)NCC1(C(=O)O)CCC1. The Morgan fingerprint density at radius 2 is 2.12 bits per heavy atom. The van der Waals surface area contributed by atoms with E-state index in [1.807, 2.05) is 0 Å². The molecule has 0 heterocycles. The van der Waals surface area contributed by atoms with Crippen LogP contribution in [0.2, 0.25) is 0 Å². The number of rotatable bonds is 6. The van der Waals surface area contributed by atoms with E-state index < -0.39 is 11.4 Å². The number of hydrogen-bond acceptors (Lipinski definition) is 3. The molecule has 5 heteroatoms. The molecule has 1 saturated carbocycles. The van der Waals surface area contributed by atoms with Crippen LogP contribution in [0.15, 0.2) is 0 Å². The zero-order valence-corrected chi connectivity index (χ0v) is 9.08. The van der Waals surface area contributed by atoms with Crippen LogP contribution in [0.3, 0.4) is 0 Å². The first-order chi connectivity index (χ1) is 7.60. The fourth-order valence-corrected chi connectivity index (χ4v) is 1.65. The molecule has 0 aliphatic heterocycles. The number of hydrogen-bond donors (Lipinski definition) is 3. The number of carboxylic acids is 1. The summed E-state index contributed by atoms with van der Waals surface area (Å²) in [6, 6.07) is 0. The van der Waals surface area contributed by atoms with Crippen LogP contribution in [0.25, 0.3) is 0 Å². The van der Waals surface area contributed by atoms with Crippen LogP contribution in [0.4, 0.5) is 0 Å². The van der Waals surface area contributed by atoms with E-state index in [1.165, 1.54) is 0 Å². The summed E-state index contributed by atoms with van der Waals surface area (Å²) < 4.78 is 0. The molecule has 0 radical (unpaired) electrons. The van der Waals surface area contributed by atoms with Gasteiger partial charge in [-0.25, -0.2) is 0 Å². The third-order valence-corrected chi connectivity index (χ3v) is 2.90. The fraction of sp³-hybridized carbons (Fsp3) is 0.636. The predicted octanol–water partition coefficient (Wildman–Crippen LogP) is -0.420. The number of amides is 1. The minimum absolute atomic E-state index is 0.125. The normalized spacial score (nSPS) is 16.9. The highest BCUT2D eigenvalue weighted by molar-refractivity contribution is 5.80. The number of carboxylic acid groups (broad SMARTS) is 1. The molecule has 1 aliphatic carbocycles. The van der Waals surface area contributed by atoms with Crippen LogP contribution in [0.1, 0.15) is 19.3 Å². The largest absolute Gasteiger partial charge is 0.481 e. The second kappa shape index (κ2) is 5.52. The van der Waals surface area contributed by atoms with E-state index in [0.717, 1.165) is 6.42 Å². The summed E-state index contributed by atoms with van der Waals surface area (Å²) in [6.45, 7) is 0.663. The second-order valence-corrected chi connectivity index (χ2v) is 4.02. The average Bonchev–Trinajstić information content (AvgIpc) is 2.16. The predicted molar refractivity (Wildman–Crippen MR) is 58.6 cm³/mol. The molecule has 0 aromatic heterocycles. The van der Waals surface area contributed by atoms with Crippen molar-refractivity contribution in [3.8, 4) is 12.3 Å². The summed E-state index contributed by atoms with van der Waals surface area (Å²) in [4.78, 5) is 22.3. The summed E-state index contributed by atoms with van der Waals surface area (Å²) in [5, 5.41) is 14.4. The van der Waals surface area contributed by atoms with Crippen molar-refractivity contribution >= 4 is 11.9 Å². The average molecular weight is 224 g/mol. The van der Waals surface area contributed by atoms with E-state index in [0.29, 0.717) is 19.4 Å². The van der Waals surface area contributed by atoms with Gasteiger partial charge in [0.1, 0.15) is 0 Å². The van der Waals surface area contributed by atoms with Gasteiger partial charge in [-0.3, -0.25) is 14.9 Å². The zero-order chi connectivity index (χ0) is 12.0. The molecule has 0 aromatic rings. The van der Waals surface area contributed by atoms with Crippen LogP contribution in [-0.4, -0.2) is 36.6 Å². The number of carbonyl (C=O) groups excluding carboxylic acids is 1. The van der Waals surface area contributed by atoms with Gasteiger partial charge in [0.25, 0.3) is 0 Å². The summed E-state index contributed by atoms with van der Waals surface area (Å²) in [5.74, 6) is 1.31. The molecule has 1 aliphatic rings. The third kappa shape index (κ3) is 2.97. The molecule has 0 saturated heterocycles. The molecule has 1 fully saturated rings. The lowest BCUT2D eigenvalue weighted by Crippen LogP contribution is -2.49. The third-order valence-electron chi connectivity index (χ3n) is 2.90. The van der Waals surface area contributed by atoms with Crippen molar-refractivity contribution in [1.29, 1.82) is 0 Å². The van der Waals surface area contributed by atoms with Crippen LogP contribution in [0, 0.1) is 17.8 Å². The quantitative estimate of drug-likeness (QED) is 0.423. The highest BCUT2D eigenvalue weighted by atomic mass is 16.4. The van der Waals surface area contributed by atoms with Crippen molar-refractivity contribution in [1.82, 2.24) is 10.6 Å². The minimum Gasteiger partial charge on any atom is -0.481 e. The van der Waals surface area contributed by atoms with Gasteiger partial charge >= 0.3 is 5.97 Å². The Morgan fingerprint density at radius 1 is 1.44 bits per heavy atom. The van der Waals surface area contributed by atoms with Gasteiger partial charge in [-0.15, -0.1) is 6.42 Å². The van der Waals surface area contributed by atoms with Crippen LogP contribution in [0.5, 0.6) is 0 Å². The van der Waals surface area contributed by atoms with Crippen LogP contribution < -0.4 is 10.6 Å². The van der Waals surface area contributed by atoms with E-state index in [9.17, 15) is 9.59 Å². The molecule has 0 spiro atoms. The molecular weight excluding hydrogens is 208 g/mol. The second-order valence-electron chi connectivity index (χ2n) is 4.02. The maximum atomic E-state index is 11.3.